The molecular formula is C27H32FNO. The van der Waals surface area contributed by atoms with E-state index in [-0.39, 0.29) is 0 Å². The van der Waals surface area contributed by atoms with Gasteiger partial charge in [-0.15, -0.1) is 0 Å². The molecule has 4 rings (SSSR count). The van der Waals surface area contributed by atoms with Gasteiger partial charge in [0, 0.05) is 25.0 Å². The number of Topliss-reactive ketones (excluding diaryl/α,β-unsaturated/α-hetero) is 1. The number of hydrogen-bond donors (Lipinski definition) is 0. The van der Waals surface area contributed by atoms with Gasteiger partial charge >= 0.3 is 0 Å². The van der Waals surface area contributed by atoms with Crippen molar-refractivity contribution in [3.63, 3.8) is 0 Å². The molecule has 1 saturated carbocycles. The first kappa shape index (κ1) is 21.0. The smallest absolute Gasteiger partial charge is 0.133 e. The van der Waals surface area contributed by atoms with Gasteiger partial charge in [0.25, 0.3) is 0 Å². The second kappa shape index (κ2) is 10.1. The van der Waals surface area contributed by atoms with E-state index in [1.54, 1.807) is 6.07 Å². The predicted molar refractivity (Wildman–Crippen MR) is 121 cm³/mol. The third-order valence-corrected chi connectivity index (χ3v) is 6.82. The summed E-state index contributed by atoms with van der Waals surface area (Å²) in [5, 5.41) is 0. The van der Waals surface area contributed by atoms with Gasteiger partial charge in [0.1, 0.15) is 12.5 Å². The number of alkyl halides is 1. The first-order chi connectivity index (χ1) is 14.7. The molecule has 3 aliphatic rings. The van der Waals surface area contributed by atoms with Crippen LogP contribution in [0.2, 0.25) is 0 Å². The van der Waals surface area contributed by atoms with Crippen molar-refractivity contribution in [2.24, 2.45) is 16.8 Å². The lowest BCUT2D eigenvalue weighted by atomic mass is 9.87. The van der Waals surface area contributed by atoms with Gasteiger partial charge in [0.05, 0.1) is 5.71 Å². The van der Waals surface area contributed by atoms with Gasteiger partial charge < -0.3 is 0 Å². The molecule has 0 saturated heterocycles. The second-order valence-corrected chi connectivity index (χ2v) is 8.99. The Kier molecular flexibility index (Phi) is 7.09. The fourth-order valence-corrected chi connectivity index (χ4v) is 5.16. The van der Waals surface area contributed by atoms with Gasteiger partial charge in [-0.05, 0) is 61.1 Å². The SMILES string of the molecule is O=C(CCc1cccc(CF)c1)CC1CCCC(C2=NC=CCC3=C2C=CC3)CC1. The fourth-order valence-electron chi connectivity index (χ4n) is 5.16. The summed E-state index contributed by atoms with van der Waals surface area (Å²) in [7, 11) is 0. The molecular weight excluding hydrogens is 373 g/mol. The molecule has 2 atom stereocenters. The average Bonchev–Trinajstić information content (AvgIpc) is 2.98. The lowest BCUT2D eigenvalue weighted by Crippen LogP contribution is -2.16. The van der Waals surface area contributed by atoms with E-state index in [0.29, 0.717) is 42.4 Å². The van der Waals surface area contributed by atoms with E-state index in [2.05, 4.69) is 18.2 Å². The van der Waals surface area contributed by atoms with Crippen molar-refractivity contribution in [2.45, 2.75) is 70.9 Å². The largest absolute Gasteiger partial charge is 0.300 e. The molecule has 158 valence electrons. The molecule has 1 heterocycles. The number of allylic oxidation sites excluding steroid dienone is 5. The molecule has 2 unspecified atom stereocenters. The quantitative estimate of drug-likeness (QED) is 0.456. The molecule has 0 spiro atoms. The lowest BCUT2D eigenvalue weighted by molar-refractivity contribution is -0.120. The Balaban J connectivity index is 1.29. The zero-order chi connectivity index (χ0) is 20.8. The van der Waals surface area contributed by atoms with Crippen LogP contribution in [0.3, 0.4) is 0 Å². The Bertz CT molecular complexity index is 892. The van der Waals surface area contributed by atoms with Gasteiger partial charge in [0.15, 0.2) is 0 Å². The van der Waals surface area contributed by atoms with Gasteiger partial charge in [-0.2, -0.15) is 0 Å². The number of aryl methyl sites for hydroxylation is 1. The summed E-state index contributed by atoms with van der Waals surface area (Å²) in [6, 6.07) is 7.55. The standard InChI is InChI=1S/C27H32FNO/c28-19-22-7-1-5-20(17-22)13-15-25(30)18-21-6-2-9-24(14-12-21)27-26-11-3-8-23(26)10-4-16-29-27/h1,3-5,7,11,16-17,21,24H,2,6,8-10,12-15,18-19H2. The van der Waals surface area contributed by atoms with Crippen LogP contribution in [0.15, 0.2) is 64.8 Å². The highest BCUT2D eigenvalue weighted by atomic mass is 19.1. The number of hydrogen-bond acceptors (Lipinski definition) is 2. The van der Waals surface area contributed by atoms with Crippen molar-refractivity contribution >= 4 is 11.5 Å². The van der Waals surface area contributed by atoms with E-state index in [9.17, 15) is 9.18 Å². The summed E-state index contributed by atoms with van der Waals surface area (Å²) in [5.74, 6) is 1.36. The molecule has 1 aromatic carbocycles. The summed E-state index contributed by atoms with van der Waals surface area (Å²) >= 11 is 0. The Labute approximate surface area is 179 Å². The molecule has 1 aromatic rings. The maximum absolute atomic E-state index is 12.8. The fraction of sp³-hybridized carbons (Fsp3) is 0.481. The minimum atomic E-state index is -0.444. The number of rotatable bonds is 7. The van der Waals surface area contributed by atoms with Crippen LogP contribution < -0.4 is 0 Å². The Morgan fingerprint density at radius 1 is 1.07 bits per heavy atom. The summed E-state index contributed by atoms with van der Waals surface area (Å²) in [4.78, 5) is 17.4. The molecule has 2 nitrogen and oxygen atoms in total. The average molecular weight is 406 g/mol. The van der Waals surface area contributed by atoms with E-state index in [1.807, 2.05) is 24.4 Å². The number of nitrogens with zero attached hydrogens (tertiary/aromatic N) is 1. The first-order valence-electron chi connectivity index (χ1n) is 11.5. The number of benzene rings is 1. The molecule has 0 aromatic heterocycles. The molecule has 30 heavy (non-hydrogen) atoms. The first-order valence-corrected chi connectivity index (χ1v) is 11.5. The van der Waals surface area contributed by atoms with E-state index >= 15 is 0 Å². The third kappa shape index (κ3) is 5.24. The van der Waals surface area contributed by atoms with Gasteiger partial charge in [-0.25, -0.2) is 4.39 Å². The number of ketones is 1. The number of carbonyl (C=O) groups excluding carboxylic acids is 1. The zero-order valence-electron chi connectivity index (χ0n) is 17.8. The second-order valence-electron chi connectivity index (χ2n) is 8.99. The Morgan fingerprint density at radius 2 is 1.93 bits per heavy atom. The number of aliphatic imine (C=N–C) groups is 1. The van der Waals surface area contributed by atoms with Crippen LogP contribution in [0, 0.1) is 11.8 Å². The molecule has 0 N–H and O–H groups in total. The van der Waals surface area contributed by atoms with Crippen LogP contribution in [0.5, 0.6) is 0 Å². The zero-order valence-corrected chi connectivity index (χ0v) is 17.8. The van der Waals surface area contributed by atoms with E-state index in [4.69, 9.17) is 4.99 Å². The highest BCUT2D eigenvalue weighted by Crippen LogP contribution is 2.35. The van der Waals surface area contributed by atoms with Gasteiger partial charge in [-0.1, -0.05) is 60.9 Å². The maximum atomic E-state index is 12.8. The van der Waals surface area contributed by atoms with Crippen LogP contribution in [0.4, 0.5) is 4.39 Å². The maximum Gasteiger partial charge on any atom is 0.133 e. The van der Waals surface area contributed by atoms with Crippen molar-refractivity contribution < 1.29 is 9.18 Å². The number of carbonyl (C=O) groups is 1. The van der Waals surface area contributed by atoms with E-state index in [1.165, 1.54) is 29.7 Å². The monoisotopic (exact) mass is 405 g/mol. The van der Waals surface area contributed by atoms with Crippen LogP contribution >= 0.6 is 0 Å². The molecule has 1 aliphatic heterocycles. The summed E-state index contributed by atoms with van der Waals surface area (Å²) < 4.78 is 12.8. The molecule has 0 bridgehead atoms. The van der Waals surface area contributed by atoms with Crippen LogP contribution in [-0.2, 0) is 17.9 Å². The van der Waals surface area contributed by atoms with Gasteiger partial charge in [0.2, 0.25) is 0 Å². The van der Waals surface area contributed by atoms with Crippen molar-refractivity contribution in [3.05, 3.63) is 71.0 Å². The van der Waals surface area contributed by atoms with Crippen LogP contribution in [-0.4, -0.2) is 11.5 Å². The van der Waals surface area contributed by atoms with Crippen LogP contribution in [0.1, 0.15) is 68.9 Å². The normalized spacial score (nSPS) is 23.7. The summed E-state index contributed by atoms with van der Waals surface area (Å²) in [5.41, 5.74) is 5.94. The van der Waals surface area contributed by atoms with E-state index < -0.39 is 6.67 Å². The Hall–Kier alpha value is -2.29. The van der Waals surface area contributed by atoms with Crippen molar-refractivity contribution in [3.8, 4) is 0 Å². The minimum absolute atomic E-state index is 0.350. The molecule has 0 radical (unpaired) electrons. The number of halogens is 1. The highest BCUT2D eigenvalue weighted by Gasteiger charge is 2.27. The van der Waals surface area contributed by atoms with Crippen molar-refractivity contribution in [1.82, 2.24) is 0 Å². The summed E-state index contributed by atoms with van der Waals surface area (Å²) in [6.07, 6.45) is 18.5. The van der Waals surface area contributed by atoms with Crippen LogP contribution in [0.25, 0.3) is 0 Å². The molecule has 0 amide bonds. The minimum Gasteiger partial charge on any atom is -0.300 e. The molecule has 2 aliphatic carbocycles. The highest BCUT2D eigenvalue weighted by molar-refractivity contribution is 6.06. The summed E-state index contributed by atoms with van der Waals surface area (Å²) in [6.45, 7) is -0.444. The topological polar surface area (TPSA) is 29.4 Å². The van der Waals surface area contributed by atoms with Gasteiger partial charge in [-0.3, -0.25) is 9.79 Å². The molecule has 3 heteroatoms. The van der Waals surface area contributed by atoms with E-state index in [0.717, 1.165) is 37.7 Å². The Morgan fingerprint density at radius 3 is 2.83 bits per heavy atom. The van der Waals surface area contributed by atoms with Crippen molar-refractivity contribution in [2.75, 3.05) is 0 Å². The lowest BCUT2D eigenvalue weighted by Gasteiger charge is -2.18. The predicted octanol–water partition coefficient (Wildman–Crippen LogP) is 6.86. The molecule has 1 fully saturated rings. The van der Waals surface area contributed by atoms with Crippen molar-refractivity contribution in [1.29, 1.82) is 0 Å². The third-order valence-electron chi connectivity index (χ3n) is 6.82.